The van der Waals surface area contributed by atoms with Gasteiger partial charge in [-0.1, -0.05) is 17.6 Å². The number of nitrogens with two attached hydrogens (primary N) is 1. The Morgan fingerprint density at radius 3 is 2.20 bits per heavy atom. The standard InChI is InChI=1S/C7H7BF3NO2S/c8-4-1-2-6(15(12,13)14)5(3-4)7(9,10)11/h1-3H,8H2,(H2,12,13,14). The lowest BCUT2D eigenvalue weighted by atomic mass is 9.94. The van der Waals surface area contributed by atoms with Crippen molar-refractivity contribution in [1.82, 2.24) is 0 Å². The van der Waals surface area contributed by atoms with E-state index in [9.17, 15) is 21.6 Å². The topological polar surface area (TPSA) is 60.2 Å². The van der Waals surface area contributed by atoms with E-state index in [0.29, 0.717) is 5.46 Å². The second-order valence-corrected chi connectivity index (χ2v) is 4.57. The number of hydrogen-bond acceptors (Lipinski definition) is 2. The lowest BCUT2D eigenvalue weighted by Crippen LogP contribution is -2.21. The molecule has 1 rings (SSSR count). The summed E-state index contributed by atoms with van der Waals surface area (Å²) in [5, 5.41) is 4.68. The molecule has 0 bridgehead atoms. The maximum Gasteiger partial charge on any atom is 0.417 e. The molecule has 8 heteroatoms. The summed E-state index contributed by atoms with van der Waals surface area (Å²) in [6.45, 7) is 0. The van der Waals surface area contributed by atoms with Gasteiger partial charge in [-0.25, -0.2) is 13.6 Å². The van der Waals surface area contributed by atoms with Crippen LogP contribution in [0.25, 0.3) is 0 Å². The summed E-state index contributed by atoms with van der Waals surface area (Å²) in [7, 11) is -2.92. The molecule has 15 heavy (non-hydrogen) atoms. The molecule has 0 aliphatic heterocycles. The molecule has 0 fully saturated rings. The quantitative estimate of drug-likeness (QED) is 0.676. The van der Waals surface area contributed by atoms with E-state index >= 15 is 0 Å². The third-order valence-electron chi connectivity index (χ3n) is 1.75. The lowest BCUT2D eigenvalue weighted by molar-refractivity contribution is -0.139. The molecule has 82 valence electrons. The van der Waals surface area contributed by atoms with Crippen molar-refractivity contribution in [2.24, 2.45) is 5.14 Å². The van der Waals surface area contributed by atoms with Crippen molar-refractivity contribution in [2.75, 3.05) is 0 Å². The van der Waals surface area contributed by atoms with Gasteiger partial charge >= 0.3 is 6.18 Å². The molecule has 0 radical (unpaired) electrons. The molecule has 2 N–H and O–H groups in total. The predicted octanol–water partition coefficient (Wildman–Crippen LogP) is -0.389. The van der Waals surface area contributed by atoms with E-state index in [-0.39, 0.29) is 0 Å². The van der Waals surface area contributed by atoms with E-state index < -0.39 is 26.7 Å². The minimum absolute atomic E-state index is 0.315. The average Bonchev–Trinajstić information content (AvgIpc) is 2.00. The Labute approximate surface area is 85.5 Å². The van der Waals surface area contributed by atoms with Crippen molar-refractivity contribution >= 4 is 23.3 Å². The Kier molecular flexibility index (Phi) is 2.84. The molecule has 1 aromatic rings. The molecule has 0 saturated carbocycles. The van der Waals surface area contributed by atoms with Gasteiger partial charge in [-0.15, -0.1) is 0 Å². The highest BCUT2D eigenvalue weighted by Crippen LogP contribution is 2.32. The third-order valence-corrected chi connectivity index (χ3v) is 2.72. The SMILES string of the molecule is Bc1ccc(S(N)(=O)=O)c(C(F)(F)F)c1. The van der Waals surface area contributed by atoms with E-state index in [4.69, 9.17) is 0 Å². The zero-order valence-electron chi connectivity index (χ0n) is 7.67. The molecule has 0 unspecified atom stereocenters. The molecule has 0 saturated heterocycles. The number of rotatable bonds is 1. The summed E-state index contributed by atoms with van der Waals surface area (Å²) < 4.78 is 59.1. The fourth-order valence-corrected chi connectivity index (χ4v) is 1.85. The number of primary sulfonamides is 1. The van der Waals surface area contributed by atoms with Gasteiger partial charge in [0.15, 0.2) is 0 Å². The molecule has 0 aromatic heterocycles. The lowest BCUT2D eigenvalue weighted by Gasteiger charge is -2.11. The number of alkyl halides is 3. The largest absolute Gasteiger partial charge is 0.417 e. The highest BCUT2D eigenvalue weighted by Gasteiger charge is 2.36. The number of benzene rings is 1. The van der Waals surface area contributed by atoms with E-state index in [1.165, 1.54) is 13.9 Å². The zero-order chi connectivity index (χ0) is 11.9. The average molecular weight is 237 g/mol. The summed E-state index contributed by atoms with van der Waals surface area (Å²) in [4.78, 5) is -0.902. The molecule has 0 heterocycles. The molecule has 3 nitrogen and oxygen atoms in total. The highest BCUT2D eigenvalue weighted by molar-refractivity contribution is 7.89. The Hall–Kier alpha value is -1.02. The van der Waals surface area contributed by atoms with Crippen LogP contribution in [0.3, 0.4) is 0 Å². The van der Waals surface area contributed by atoms with Crippen LogP contribution in [-0.2, 0) is 16.2 Å². The molecule has 1 aromatic carbocycles. The normalized spacial score (nSPS) is 12.8. The highest BCUT2D eigenvalue weighted by atomic mass is 32.2. The monoisotopic (exact) mass is 237 g/mol. The van der Waals surface area contributed by atoms with Crippen LogP contribution in [0, 0.1) is 0 Å². The van der Waals surface area contributed by atoms with E-state index in [1.807, 2.05) is 0 Å². The number of sulfonamides is 1. The first-order valence-electron chi connectivity index (χ1n) is 3.83. The first-order chi connectivity index (χ1) is 6.62. The summed E-state index contributed by atoms with van der Waals surface area (Å²) in [6, 6.07) is 2.86. The number of hydrogen-bond donors (Lipinski definition) is 1. The summed E-state index contributed by atoms with van der Waals surface area (Å²) in [5.74, 6) is 0. The second kappa shape index (κ2) is 3.53. The first-order valence-corrected chi connectivity index (χ1v) is 5.37. The van der Waals surface area contributed by atoms with Crippen LogP contribution in [-0.4, -0.2) is 16.3 Å². The van der Waals surface area contributed by atoms with Crippen molar-refractivity contribution in [3.63, 3.8) is 0 Å². The maximum absolute atomic E-state index is 12.4. The summed E-state index contributed by atoms with van der Waals surface area (Å²) in [5.41, 5.74) is -0.917. The zero-order valence-corrected chi connectivity index (χ0v) is 8.48. The van der Waals surface area contributed by atoms with Crippen LogP contribution in [0.5, 0.6) is 0 Å². The van der Waals surface area contributed by atoms with E-state index in [2.05, 4.69) is 5.14 Å². The van der Waals surface area contributed by atoms with Gasteiger partial charge < -0.3 is 0 Å². The van der Waals surface area contributed by atoms with Gasteiger partial charge in [0.05, 0.1) is 10.5 Å². The van der Waals surface area contributed by atoms with Crippen molar-refractivity contribution in [1.29, 1.82) is 0 Å². The minimum atomic E-state index is -4.73. The van der Waals surface area contributed by atoms with Crippen LogP contribution in [0.4, 0.5) is 13.2 Å². The van der Waals surface area contributed by atoms with Crippen LogP contribution >= 0.6 is 0 Å². The van der Waals surface area contributed by atoms with Gasteiger partial charge in [-0.2, -0.15) is 13.2 Å². The fourth-order valence-electron chi connectivity index (χ4n) is 1.11. The van der Waals surface area contributed by atoms with E-state index in [0.717, 1.165) is 12.1 Å². The van der Waals surface area contributed by atoms with Crippen LogP contribution in [0.15, 0.2) is 23.1 Å². The maximum atomic E-state index is 12.4. The van der Waals surface area contributed by atoms with E-state index in [1.54, 1.807) is 0 Å². The molecule has 0 amide bonds. The molecule has 0 spiro atoms. The minimum Gasteiger partial charge on any atom is -0.225 e. The van der Waals surface area contributed by atoms with Crippen LogP contribution in [0.1, 0.15) is 5.56 Å². The molecule has 0 aliphatic rings. The van der Waals surface area contributed by atoms with Gasteiger partial charge in [0.2, 0.25) is 10.0 Å². The predicted molar refractivity (Wildman–Crippen MR) is 51.0 cm³/mol. The second-order valence-electron chi connectivity index (χ2n) is 3.04. The Morgan fingerprint density at radius 2 is 1.80 bits per heavy atom. The van der Waals surface area contributed by atoms with Crippen molar-refractivity contribution < 1.29 is 21.6 Å². The molecule has 0 atom stereocenters. The van der Waals surface area contributed by atoms with Gasteiger partial charge in [0, 0.05) is 0 Å². The smallest absolute Gasteiger partial charge is 0.225 e. The van der Waals surface area contributed by atoms with Crippen LogP contribution in [0.2, 0.25) is 0 Å². The van der Waals surface area contributed by atoms with Crippen molar-refractivity contribution in [3.05, 3.63) is 23.8 Å². The van der Waals surface area contributed by atoms with Crippen molar-refractivity contribution in [2.45, 2.75) is 11.1 Å². The summed E-state index contributed by atoms with van der Waals surface area (Å²) in [6.07, 6.45) is -4.73. The molecular weight excluding hydrogens is 230 g/mol. The van der Waals surface area contributed by atoms with Gasteiger partial charge in [-0.05, 0) is 6.07 Å². The Bertz CT molecular complexity index is 483. The fraction of sp³-hybridized carbons (Fsp3) is 0.143. The van der Waals surface area contributed by atoms with Gasteiger partial charge in [0.25, 0.3) is 0 Å². The van der Waals surface area contributed by atoms with Crippen LogP contribution < -0.4 is 10.6 Å². The van der Waals surface area contributed by atoms with Gasteiger partial charge in [0.1, 0.15) is 7.85 Å². The third kappa shape index (κ3) is 2.72. The number of halogens is 3. The van der Waals surface area contributed by atoms with Gasteiger partial charge in [-0.3, -0.25) is 0 Å². The Morgan fingerprint density at radius 1 is 1.27 bits per heavy atom. The first kappa shape index (κ1) is 12.1. The van der Waals surface area contributed by atoms with Crippen molar-refractivity contribution in [3.8, 4) is 0 Å². The Balaban J connectivity index is 3.55. The molecular formula is C7H7BF3NO2S. The summed E-state index contributed by atoms with van der Waals surface area (Å²) >= 11 is 0. The molecule has 0 aliphatic carbocycles.